The molecule has 126 valence electrons. The number of pyridine rings is 1. The highest BCUT2D eigenvalue weighted by Crippen LogP contribution is 2.27. The van der Waals surface area contributed by atoms with E-state index in [0.29, 0.717) is 0 Å². The van der Waals surface area contributed by atoms with Crippen LogP contribution in [0.4, 0.5) is 11.5 Å². The second kappa shape index (κ2) is 8.34. The van der Waals surface area contributed by atoms with E-state index in [1.807, 2.05) is 32.2 Å². The van der Waals surface area contributed by atoms with Gasteiger partial charge in [-0.2, -0.15) is 0 Å². The van der Waals surface area contributed by atoms with Crippen molar-refractivity contribution in [2.45, 2.75) is 20.8 Å². The molecule has 0 fully saturated rings. The summed E-state index contributed by atoms with van der Waals surface area (Å²) in [4.78, 5) is 7.15. The maximum absolute atomic E-state index is 4.87. The largest absolute Gasteiger partial charge is 0.387 e. The second-order valence-electron chi connectivity index (χ2n) is 5.72. The van der Waals surface area contributed by atoms with Crippen molar-refractivity contribution in [1.82, 2.24) is 4.98 Å². The van der Waals surface area contributed by atoms with E-state index >= 15 is 0 Å². The first-order chi connectivity index (χ1) is 11.6. The van der Waals surface area contributed by atoms with Gasteiger partial charge in [0.1, 0.15) is 5.82 Å². The molecule has 0 bridgehead atoms. The molecule has 0 amide bonds. The number of aromatic nitrogens is 1. The van der Waals surface area contributed by atoms with E-state index in [4.69, 9.17) is 4.98 Å². The second-order valence-corrected chi connectivity index (χ2v) is 5.72. The molecule has 0 aliphatic rings. The van der Waals surface area contributed by atoms with Crippen LogP contribution >= 0.6 is 0 Å². The maximum Gasteiger partial charge on any atom is 0.131 e. The van der Waals surface area contributed by atoms with Gasteiger partial charge in [-0.25, -0.2) is 4.98 Å². The van der Waals surface area contributed by atoms with Crippen LogP contribution in [0.3, 0.4) is 0 Å². The van der Waals surface area contributed by atoms with Crippen LogP contribution in [0.1, 0.15) is 20.8 Å². The van der Waals surface area contributed by atoms with Gasteiger partial charge in [-0.05, 0) is 38.0 Å². The molecule has 0 spiro atoms. The lowest BCUT2D eigenvalue weighted by Crippen LogP contribution is -2.26. The van der Waals surface area contributed by atoms with E-state index in [1.165, 1.54) is 11.1 Å². The Hall–Kier alpha value is -2.55. The summed E-state index contributed by atoms with van der Waals surface area (Å²) in [6.45, 7) is 11.9. The Morgan fingerprint density at radius 3 is 2.71 bits per heavy atom. The molecule has 0 unspecified atom stereocenters. The number of nitrogens with zero attached hydrogens (tertiary/aromatic N) is 2. The van der Waals surface area contributed by atoms with Gasteiger partial charge in [0, 0.05) is 37.3 Å². The van der Waals surface area contributed by atoms with E-state index in [1.54, 1.807) is 0 Å². The minimum absolute atomic E-state index is 0.813. The van der Waals surface area contributed by atoms with Crippen molar-refractivity contribution >= 4 is 22.4 Å². The molecule has 3 nitrogen and oxygen atoms in total. The van der Waals surface area contributed by atoms with Crippen LogP contribution in [0.5, 0.6) is 0 Å². The van der Waals surface area contributed by atoms with Crippen LogP contribution in [-0.4, -0.2) is 25.1 Å². The highest BCUT2D eigenvalue weighted by Gasteiger charge is 2.12. The van der Waals surface area contributed by atoms with Crippen molar-refractivity contribution in [3.8, 4) is 0 Å². The number of nitrogens with one attached hydrogen (secondary N) is 1. The average molecular weight is 321 g/mol. The van der Waals surface area contributed by atoms with Crippen LogP contribution in [0.25, 0.3) is 10.9 Å². The Kier molecular flexibility index (Phi) is 6.19. The molecule has 0 aliphatic heterocycles. The predicted molar refractivity (Wildman–Crippen MR) is 107 cm³/mol. The number of hydrogen-bond acceptors (Lipinski definition) is 3. The van der Waals surface area contributed by atoms with Crippen LogP contribution < -0.4 is 10.2 Å². The van der Waals surface area contributed by atoms with Crippen LogP contribution in [-0.2, 0) is 0 Å². The molecule has 0 saturated carbocycles. The van der Waals surface area contributed by atoms with Crippen molar-refractivity contribution in [3.05, 3.63) is 66.3 Å². The molecule has 2 aromatic rings. The van der Waals surface area contributed by atoms with E-state index in [2.05, 4.69) is 61.0 Å². The van der Waals surface area contributed by atoms with Crippen LogP contribution in [0.15, 0.2) is 66.3 Å². The van der Waals surface area contributed by atoms with Gasteiger partial charge in [-0.15, -0.1) is 0 Å². The van der Waals surface area contributed by atoms with E-state index in [9.17, 15) is 0 Å². The number of hydrogen-bond donors (Lipinski definition) is 1. The molecule has 0 atom stereocenters. The van der Waals surface area contributed by atoms with Gasteiger partial charge in [0.05, 0.1) is 5.52 Å². The van der Waals surface area contributed by atoms with Crippen LogP contribution in [0, 0.1) is 0 Å². The summed E-state index contributed by atoms with van der Waals surface area (Å²) in [6, 6.07) is 10.4. The predicted octanol–water partition coefficient (Wildman–Crippen LogP) is 5.18. The molecule has 2 rings (SSSR count). The lowest BCUT2D eigenvalue weighted by atomic mass is 10.1. The minimum Gasteiger partial charge on any atom is -0.387 e. The number of fused-ring (bicyclic) bond motifs is 1. The van der Waals surface area contributed by atoms with Crippen LogP contribution in [0.2, 0.25) is 0 Å². The lowest BCUT2D eigenvalue weighted by molar-refractivity contribution is 0.867. The first-order valence-electron chi connectivity index (χ1n) is 8.41. The molecule has 0 saturated heterocycles. The van der Waals surface area contributed by atoms with E-state index in [0.717, 1.165) is 35.5 Å². The number of likely N-dealkylation sites (N-methyl/N-ethyl adjacent to an activating group) is 1. The third-order valence-electron chi connectivity index (χ3n) is 4.22. The zero-order valence-corrected chi connectivity index (χ0v) is 15.1. The van der Waals surface area contributed by atoms with E-state index < -0.39 is 0 Å². The highest BCUT2D eigenvalue weighted by atomic mass is 15.2. The van der Waals surface area contributed by atoms with Crippen molar-refractivity contribution < 1.29 is 0 Å². The fraction of sp³-hybridized carbons (Fsp3) is 0.286. The average Bonchev–Trinajstić information content (AvgIpc) is 2.63. The Balaban J connectivity index is 2.47. The fourth-order valence-electron chi connectivity index (χ4n) is 2.73. The Bertz CT molecular complexity index is 772. The molecular formula is C21H27N3. The third-order valence-corrected chi connectivity index (χ3v) is 4.22. The molecule has 1 aromatic carbocycles. The summed E-state index contributed by atoms with van der Waals surface area (Å²) in [7, 11) is 1.95. The summed E-state index contributed by atoms with van der Waals surface area (Å²) >= 11 is 0. The van der Waals surface area contributed by atoms with Gasteiger partial charge in [0.25, 0.3) is 0 Å². The maximum atomic E-state index is 4.87. The van der Waals surface area contributed by atoms with Gasteiger partial charge in [0.15, 0.2) is 0 Å². The van der Waals surface area contributed by atoms with E-state index in [-0.39, 0.29) is 0 Å². The lowest BCUT2D eigenvalue weighted by Gasteiger charge is -2.24. The molecule has 1 aromatic heterocycles. The molecule has 0 aliphatic carbocycles. The monoisotopic (exact) mass is 321 g/mol. The van der Waals surface area contributed by atoms with Crippen molar-refractivity contribution in [2.75, 3.05) is 30.4 Å². The molecule has 24 heavy (non-hydrogen) atoms. The zero-order chi connectivity index (χ0) is 17.5. The summed E-state index contributed by atoms with van der Waals surface area (Å²) in [6.07, 6.45) is 6.14. The Morgan fingerprint density at radius 2 is 2.08 bits per heavy atom. The highest BCUT2D eigenvalue weighted by molar-refractivity contribution is 5.93. The van der Waals surface area contributed by atoms with Gasteiger partial charge in [0.2, 0.25) is 0 Å². The van der Waals surface area contributed by atoms with Gasteiger partial charge >= 0.3 is 0 Å². The quantitative estimate of drug-likeness (QED) is 0.712. The number of anilines is 2. The fourth-order valence-corrected chi connectivity index (χ4v) is 2.73. The molecular weight excluding hydrogens is 294 g/mol. The van der Waals surface area contributed by atoms with Crippen molar-refractivity contribution in [2.24, 2.45) is 0 Å². The standard InChI is InChI=1S/C21H27N3/c1-6-11-17(16(4)7-2)15-24(8-3)21-14-20(22-5)18-12-9-10-13-19(18)23-21/h6-7,9-14H,2,8,15H2,1,3-5H3,(H,22,23)/b11-6-,17-16+. The third kappa shape index (κ3) is 3.85. The van der Waals surface area contributed by atoms with Crippen molar-refractivity contribution in [1.29, 1.82) is 0 Å². The number of benzene rings is 1. The number of rotatable bonds is 7. The molecule has 3 heteroatoms. The summed E-state index contributed by atoms with van der Waals surface area (Å²) in [5, 5.41) is 4.44. The SMILES string of the molecule is C=C/C(C)=C(\C=C/C)CN(CC)c1cc(NC)c2ccccc2n1. The smallest absolute Gasteiger partial charge is 0.131 e. The number of para-hydroxylation sites is 1. The first-order valence-corrected chi connectivity index (χ1v) is 8.41. The Morgan fingerprint density at radius 1 is 1.33 bits per heavy atom. The summed E-state index contributed by atoms with van der Waals surface area (Å²) in [5.41, 5.74) is 4.57. The molecule has 1 heterocycles. The zero-order valence-electron chi connectivity index (χ0n) is 15.1. The molecule has 0 radical (unpaired) electrons. The topological polar surface area (TPSA) is 28.2 Å². The first kappa shape index (κ1) is 17.8. The normalized spacial score (nSPS) is 12.3. The van der Waals surface area contributed by atoms with Gasteiger partial charge in [-0.1, -0.05) is 43.0 Å². The minimum atomic E-state index is 0.813. The Labute approximate surface area is 145 Å². The number of allylic oxidation sites excluding steroid dienone is 3. The van der Waals surface area contributed by atoms with Gasteiger partial charge in [-0.3, -0.25) is 0 Å². The van der Waals surface area contributed by atoms with Crippen molar-refractivity contribution in [3.63, 3.8) is 0 Å². The van der Waals surface area contributed by atoms with Gasteiger partial charge < -0.3 is 10.2 Å². The summed E-state index contributed by atoms with van der Waals surface area (Å²) in [5.74, 6) is 0.986. The summed E-state index contributed by atoms with van der Waals surface area (Å²) < 4.78 is 0. The molecule has 1 N–H and O–H groups in total.